The van der Waals surface area contributed by atoms with Crippen LogP contribution in [0.2, 0.25) is 0 Å². The van der Waals surface area contributed by atoms with Gasteiger partial charge in [-0.2, -0.15) is 4.39 Å². The Morgan fingerprint density at radius 1 is 1.78 bits per heavy atom. The fraction of sp³-hybridized carbons (Fsp3) is 0.167. The van der Waals surface area contributed by atoms with E-state index < -0.39 is 5.95 Å². The summed E-state index contributed by atoms with van der Waals surface area (Å²) in [5.74, 6) is -0.602. The zero-order chi connectivity index (χ0) is 6.85. The summed E-state index contributed by atoms with van der Waals surface area (Å²) in [7, 11) is 0. The lowest BCUT2D eigenvalue weighted by Crippen LogP contribution is -1.85. The van der Waals surface area contributed by atoms with E-state index in [2.05, 4.69) is 4.98 Å². The molecule has 48 valence electrons. The van der Waals surface area contributed by atoms with Crippen LogP contribution in [0.4, 0.5) is 4.39 Å². The number of nitrogens with one attached hydrogen (secondary N) is 1. The van der Waals surface area contributed by atoms with Crippen molar-refractivity contribution in [3.8, 4) is 0 Å². The molecule has 2 nitrogen and oxygen atoms in total. The summed E-state index contributed by atoms with van der Waals surface area (Å²) in [5.41, 5.74) is 0.382. The minimum Gasteiger partial charge on any atom is -0.338 e. The van der Waals surface area contributed by atoms with Gasteiger partial charge in [-0.25, -0.2) is 0 Å². The Labute approximate surface area is 51.7 Å². The van der Waals surface area contributed by atoms with Crippen molar-refractivity contribution in [2.75, 3.05) is 0 Å². The van der Waals surface area contributed by atoms with E-state index in [9.17, 15) is 9.18 Å². The standard InChI is InChI=1S/C6H6FNO/c1-4(9)5-2-6(7)8-3-5/h2-3,8H,1H3. The van der Waals surface area contributed by atoms with Gasteiger partial charge < -0.3 is 4.98 Å². The normalized spacial score (nSPS) is 9.56. The number of carbonyl (C=O) groups excluding carboxylic acids is 1. The highest BCUT2D eigenvalue weighted by Gasteiger charge is 2.00. The van der Waals surface area contributed by atoms with Gasteiger partial charge >= 0.3 is 0 Å². The van der Waals surface area contributed by atoms with Gasteiger partial charge in [-0.3, -0.25) is 4.79 Å². The molecule has 1 rings (SSSR count). The van der Waals surface area contributed by atoms with Crippen LogP contribution in [0.3, 0.4) is 0 Å². The smallest absolute Gasteiger partial charge is 0.191 e. The second kappa shape index (κ2) is 2.01. The molecule has 0 bridgehead atoms. The molecule has 1 N–H and O–H groups in total. The molecule has 0 unspecified atom stereocenters. The molecule has 0 aliphatic heterocycles. The second-order valence-corrected chi connectivity index (χ2v) is 1.79. The van der Waals surface area contributed by atoms with Crippen LogP contribution in [-0.2, 0) is 0 Å². The van der Waals surface area contributed by atoms with Crippen LogP contribution in [0, 0.1) is 5.95 Å². The monoisotopic (exact) mass is 127 g/mol. The van der Waals surface area contributed by atoms with E-state index >= 15 is 0 Å². The summed E-state index contributed by atoms with van der Waals surface area (Å²) >= 11 is 0. The zero-order valence-electron chi connectivity index (χ0n) is 4.94. The molecule has 0 saturated heterocycles. The highest BCUT2D eigenvalue weighted by molar-refractivity contribution is 5.93. The average molecular weight is 127 g/mol. The molecule has 0 aliphatic rings. The summed E-state index contributed by atoms with van der Waals surface area (Å²) in [4.78, 5) is 12.7. The number of H-pyrrole nitrogens is 1. The molecule has 0 saturated carbocycles. The van der Waals surface area contributed by atoms with Crippen LogP contribution in [0.1, 0.15) is 17.3 Å². The Morgan fingerprint density at radius 2 is 2.44 bits per heavy atom. The van der Waals surface area contributed by atoms with Gasteiger partial charge in [0.15, 0.2) is 11.7 Å². The molecule has 0 spiro atoms. The predicted octanol–water partition coefficient (Wildman–Crippen LogP) is 1.36. The second-order valence-electron chi connectivity index (χ2n) is 1.79. The molecule has 1 aromatic heterocycles. The summed E-state index contributed by atoms with van der Waals surface area (Å²) in [6, 6.07) is 1.17. The van der Waals surface area contributed by atoms with Gasteiger partial charge in [0.1, 0.15) is 0 Å². The van der Waals surface area contributed by atoms with E-state index in [4.69, 9.17) is 0 Å². The fourth-order valence-corrected chi connectivity index (χ4v) is 0.570. The molecule has 3 heteroatoms. The molecule has 1 heterocycles. The Bertz CT molecular complexity index is 229. The Hall–Kier alpha value is -1.12. The third-order valence-electron chi connectivity index (χ3n) is 1.05. The van der Waals surface area contributed by atoms with Crippen molar-refractivity contribution in [3.63, 3.8) is 0 Å². The third-order valence-corrected chi connectivity index (χ3v) is 1.05. The molecule has 0 aliphatic carbocycles. The number of halogens is 1. The first kappa shape index (κ1) is 6.01. The minimum atomic E-state index is -0.472. The number of ketones is 1. The molecule has 1 aromatic rings. The molecule has 0 fully saturated rings. The molecule has 9 heavy (non-hydrogen) atoms. The van der Waals surface area contributed by atoms with Gasteiger partial charge in [-0.05, 0) is 6.92 Å². The highest BCUT2D eigenvalue weighted by atomic mass is 19.1. The lowest BCUT2D eigenvalue weighted by atomic mass is 10.2. The van der Waals surface area contributed by atoms with Crippen molar-refractivity contribution in [2.45, 2.75) is 6.92 Å². The van der Waals surface area contributed by atoms with Gasteiger partial charge in [0.2, 0.25) is 0 Å². The number of hydrogen-bond acceptors (Lipinski definition) is 1. The van der Waals surface area contributed by atoms with E-state index in [1.54, 1.807) is 0 Å². The van der Waals surface area contributed by atoms with Crippen molar-refractivity contribution >= 4 is 5.78 Å². The van der Waals surface area contributed by atoms with Gasteiger partial charge in [0.25, 0.3) is 0 Å². The van der Waals surface area contributed by atoms with Crippen molar-refractivity contribution in [1.29, 1.82) is 0 Å². The summed E-state index contributed by atoms with van der Waals surface area (Å²) in [6.07, 6.45) is 1.34. The number of Topliss-reactive ketones (excluding diaryl/α,β-unsaturated/α-hetero) is 1. The Kier molecular flexibility index (Phi) is 1.34. The van der Waals surface area contributed by atoms with Crippen LogP contribution < -0.4 is 0 Å². The van der Waals surface area contributed by atoms with Crippen LogP contribution in [0.15, 0.2) is 12.3 Å². The van der Waals surface area contributed by atoms with Crippen LogP contribution in [-0.4, -0.2) is 10.8 Å². The van der Waals surface area contributed by atoms with Crippen molar-refractivity contribution < 1.29 is 9.18 Å². The molecular weight excluding hydrogens is 121 g/mol. The van der Waals surface area contributed by atoms with Gasteiger partial charge in [0, 0.05) is 17.8 Å². The minimum absolute atomic E-state index is 0.129. The first-order chi connectivity index (χ1) is 4.20. The van der Waals surface area contributed by atoms with Gasteiger partial charge in [-0.15, -0.1) is 0 Å². The maximum Gasteiger partial charge on any atom is 0.191 e. The number of hydrogen-bond donors (Lipinski definition) is 1. The number of carbonyl (C=O) groups is 1. The molecule has 0 aromatic carbocycles. The summed E-state index contributed by atoms with van der Waals surface area (Å²) < 4.78 is 12.1. The molecular formula is C6H6FNO. The average Bonchev–Trinajstić information content (AvgIpc) is 2.14. The van der Waals surface area contributed by atoms with Gasteiger partial charge in [-0.1, -0.05) is 0 Å². The zero-order valence-corrected chi connectivity index (χ0v) is 4.94. The van der Waals surface area contributed by atoms with Crippen LogP contribution >= 0.6 is 0 Å². The van der Waals surface area contributed by atoms with Gasteiger partial charge in [0.05, 0.1) is 0 Å². The first-order valence-corrected chi connectivity index (χ1v) is 2.55. The van der Waals surface area contributed by atoms with Crippen LogP contribution in [0.5, 0.6) is 0 Å². The van der Waals surface area contributed by atoms with Crippen molar-refractivity contribution in [2.24, 2.45) is 0 Å². The fourth-order valence-electron chi connectivity index (χ4n) is 0.570. The van der Waals surface area contributed by atoms with Crippen LogP contribution in [0.25, 0.3) is 0 Å². The number of aromatic nitrogens is 1. The van der Waals surface area contributed by atoms with E-state index in [-0.39, 0.29) is 5.78 Å². The molecule has 0 atom stereocenters. The number of rotatable bonds is 1. The quantitative estimate of drug-likeness (QED) is 0.567. The first-order valence-electron chi connectivity index (χ1n) is 2.55. The topological polar surface area (TPSA) is 32.9 Å². The number of aromatic amines is 1. The largest absolute Gasteiger partial charge is 0.338 e. The summed E-state index contributed by atoms with van der Waals surface area (Å²) in [5, 5.41) is 0. The highest BCUT2D eigenvalue weighted by Crippen LogP contribution is 2.00. The Balaban J connectivity index is 2.98. The third kappa shape index (κ3) is 1.16. The molecule has 0 radical (unpaired) electrons. The van der Waals surface area contributed by atoms with Crippen molar-refractivity contribution in [3.05, 3.63) is 23.8 Å². The maximum absolute atomic E-state index is 12.1. The maximum atomic E-state index is 12.1. The molecule has 0 amide bonds. The SMILES string of the molecule is CC(=O)c1c[nH]c(F)c1. The van der Waals surface area contributed by atoms with E-state index in [0.29, 0.717) is 5.56 Å². The Morgan fingerprint density at radius 3 is 2.67 bits per heavy atom. The van der Waals surface area contributed by atoms with Crippen molar-refractivity contribution in [1.82, 2.24) is 4.98 Å². The summed E-state index contributed by atoms with van der Waals surface area (Å²) in [6.45, 7) is 1.39. The predicted molar refractivity (Wildman–Crippen MR) is 30.8 cm³/mol. The van der Waals surface area contributed by atoms with E-state index in [1.165, 1.54) is 19.2 Å². The lowest BCUT2D eigenvalue weighted by Gasteiger charge is -1.79. The lowest BCUT2D eigenvalue weighted by molar-refractivity contribution is 0.101. The van der Waals surface area contributed by atoms with E-state index in [1.807, 2.05) is 0 Å². The van der Waals surface area contributed by atoms with E-state index in [0.717, 1.165) is 0 Å².